The molecule has 0 aromatic heterocycles. The average molecular weight is 918 g/mol. The molecule has 0 bridgehead atoms. The molecule has 64 heavy (non-hydrogen) atoms. The predicted molar refractivity (Wildman–Crippen MR) is 253 cm³/mol. The molecule has 348 valence electrons. The number of rotatable bonds is 23. The molecule has 0 radical (unpaired) electrons. The third-order valence-corrected chi connectivity index (χ3v) is 14.9. The minimum atomic E-state index is -4.24. The topological polar surface area (TPSA) is 156 Å². The van der Waals surface area contributed by atoms with Gasteiger partial charge in [-0.1, -0.05) is 55.3 Å². The van der Waals surface area contributed by atoms with Crippen LogP contribution < -0.4 is 14.8 Å². The molecule has 6 rings (SSSR count). The molecule has 6 unspecified atom stereocenters. The summed E-state index contributed by atoms with van der Waals surface area (Å²) in [7, 11) is -4.24. The van der Waals surface area contributed by atoms with E-state index in [9.17, 15) is 15.0 Å². The molecule has 3 N–H and O–H groups in total. The van der Waals surface area contributed by atoms with Gasteiger partial charge in [-0.3, -0.25) is 4.79 Å². The maximum atomic E-state index is 15.2. The van der Waals surface area contributed by atoms with Crippen molar-refractivity contribution in [1.29, 1.82) is 0 Å². The number of thioether (sulfide) groups is 1. The molecule has 14 heteroatoms. The lowest BCUT2D eigenvalue weighted by atomic mass is 9.55. The van der Waals surface area contributed by atoms with Crippen LogP contribution in [-0.4, -0.2) is 90.7 Å². The van der Waals surface area contributed by atoms with Crippen molar-refractivity contribution in [2.24, 2.45) is 22.9 Å². The van der Waals surface area contributed by atoms with Crippen LogP contribution >= 0.6 is 11.8 Å². The lowest BCUT2D eigenvalue weighted by molar-refractivity contribution is -0.251. The van der Waals surface area contributed by atoms with Gasteiger partial charge in [0.25, 0.3) is 0 Å². The molecule has 12 nitrogen and oxygen atoms in total. The molecule has 0 spiro atoms. The molecule has 1 amide bonds. The van der Waals surface area contributed by atoms with E-state index in [0.717, 1.165) is 42.6 Å². The Hall–Kier alpha value is -4.18. The molecular weight excluding hydrogens is 851 g/mol. The van der Waals surface area contributed by atoms with Gasteiger partial charge in [0.2, 0.25) is 21.7 Å². The molecule has 6 atom stereocenters. The minimum Gasteiger partial charge on any atom is -0.493 e. The maximum Gasteiger partial charge on any atom is 0.243 e. The normalized spacial score (nSPS) is 23.4. The van der Waals surface area contributed by atoms with Gasteiger partial charge in [-0.15, -0.1) is 18.3 Å². The Morgan fingerprint density at radius 1 is 1.03 bits per heavy atom. The first-order valence-corrected chi connectivity index (χ1v) is 25.2. The van der Waals surface area contributed by atoms with Gasteiger partial charge in [0.15, 0.2) is 0 Å². The number of oxime groups is 1. The number of carbonyl (C=O) groups is 1. The molecule has 3 aliphatic rings. The number of amides is 1. The zero-order valence-electron chi connectivity index (χ0n) is 38.0. The molecule has 0 saturated heterocycles. The third-order valence-electron chi connectivity index (χ3n) is 12.0. The van der Waals surface area contributed by atoms with E-state index in [4.69, 9.17) is 24.2 Å². The maximum absolute atomic E-state index is 15.2. The minimum absolute atomic E-state index is 0.0123. The highest BCUT2D eigenvalue weighted by atomic mass is 32.2. The Balaban J connectivity index is 1.55. The fourth-order valence-electron chi connectivity index (χ4n) is 9.45. The number of sulfonamides is 1. The Morgan fingerprint density at radius 2 is 1.75 bits per heavy atom. The SMILES string of the molecule is C=CCOC12Oc3ccc(OCCSc4ccccc4)cc3C3C(CCCCO)C(CCCCO)C=C(C(=NOC(C)(C)C)CC1N(CCC)S(=O)(=O)c1ccc(NC(C)=O)cc1)C32. The number of aliphatic hydroxyl groups excluding tert-OH is 2. The number of allylic oxidation sites excluding steroid dienone is 1. The summed E-state index contributed by atoms with van der Waals surface area (Å²) < 4.78 is 52.8. The summed E-state index contributed by atoms with van der Waals surface area (Å²) in [4.78, 5) is 19.3. The van der Waals surface area contributed by atoms with Crippen molar-refractivity contribution in [2.45, 2.75) is 119 Å². The second kappa shape index (κ2) is 22.3. The lowest BCUT2D eigenvalue weighted by Crippen LogP contribution is -2.70. The van der Waals surface area contributed by atoms with Gasteiger partial charge < -0.3 is 34.6 Å². The quantitative estimate of drug-likeness (QED) is 0.0363. The van der Waals surface area contributed by atoms with Crippen molar-refractivity contribution < 1.29 is 42.5 Å². The molecule has 1 aliphatic heterocycles. The van der Waals surface area contributed by atoms with Crippen molar-refractivity contribution in [1.82, 2.24) is 4.31 Å². The van der Waals surface area contributed by atoms with E-state index in [0.29, 0.717) is 48.8 Å². The summed E-state index contributed by atoms with van der Waals surface area (Å²) >= 11 is 1.73. The molecule has 3 aromatic rings. The Labute approximate surface area is 384 Å². The average Bonchev–Trinajstić information content (AvgIpc) is 3.27. The number of anilines is 1. The summed E-state index contributed by atoms with van der Waals surface area (Å²) in [5.74, 6) is -0.549. The number of nitrogens with zero attached hydrogens (tertiary/aromatic N) is 2. The first kappa shape index (κ1) is 49.3. The molecule has 1 heterocycles. The van der Waals surface area contributed by atoms with Crippen LogP contribution in [-0.2, 0) is 24.4 Å². The Bertz CT molecular complexity index is 2190. The van der Waals surface area contributed by atoms with E-state index in [1.807, 2.05) is 58.0 Å². The van der Waals surface area contributed by atoms with Crippen molar-refractivity contribution in [3.05, 3.63) is 103 Å². The van der Waals surface area contributed by atoms with Gasteiger partial charge in [-0.2, -0.15) is 4.31 Å². The van der Waals surface area contributed by atoms with Crippen molar-refractivity contribution in [3.63, 3.8) is 0 Å². The zero-order chi connectivity index (χ0) is 45.9. The Kier molecular flexibility index (Phi) is 17.2. The summed E-state index contributed by atoms with van der Waals surface area (Å²) in [5.41, 5.74) is 2.30. The number of carbonyl (C=O) groups excluding carboxylic acids is 1. The van der Waals surface area contributed by atoms with Gasteiger partial charge in [0, 0.05) is 60.9 Å². The summed E-state index contributed by atoms with van der Waals surface area (Å²) in [6.45, 7) is 14.0. The fourth-order valence-corrected chi connectivity index (χ4v) is 11.9. The number of hydrogen-bond donors (Lipinski definition) is 3. The zero-order valence-corrected chi connectivity index (χ0v) is 39.7. The molecule has 2 aliphatic carbocycles. The number of ether oxygens (including phenoxy) is 3. The van der Waals surface area contributed by atoms with Crippen molar-refractivity contribution >= 4 is 39.1 Å². The highest BCUT2D eigenvalue weighted by Gasteiger charge is 2.66. The largest absolute Gasteiger partial charge is 0.493 e. The van der Waals surface area contributed by atoms with Crippen LogP contribution in [0.1, 0.15) is 97.5 Å². The molecule has 3 aromatic carbocycles. The second-order valence-electron chi connectivity index (χ2n) is 17.8. The highest BCUT2D eigenvalue weighted by Crippen LogP contribution is 2.62. The summed E-state index contributed by atoms with van der Waals surface area (Å²) in [6.07, 6.45) is 9.04. The van der Waals surface area contributed by atoms with Crippen LogP contribution in [0.25, 0.3) is 0 Å². The van der Waals surface area contributed by atoms with Gasteiger partial charge in [-0.05, 0) is 125 Å². The highest BCUT2D eigenvalue weighted by molar-refractivity contribution is 7.99. The van der Waals surface area contributed by atoms with Crippen molar-refractivity contribution in [2.75, 3.05) is 44.0 Å². The smallest absolute Gasteiger partial charge is 0.243 e. The van der Waals surface area contributed by atoms with Gasteiger partial charge >= 0.3 is 0 Å². The van der Waals surface area contributed by atoms with Crippen LogP contribution in [0.15, 0.2) is 112 Å². The standard InChI is InChI=1S/C50H67N3O9S2/c1-7-26-53(64(57,58)40-23-20-37(21-24-40)51-35(3)56)46-34-44(52-62-49(4,5)6)42-32-36(16-12-14-27-54)41(19-13-15-28-55)47-43-33-38(59-30-31-63-39-17-10-9-11-18-39)22-25-45(43)61-50(46,48(42)47)60-29-8-2/h8-11,17-18,20-25,32-33,36,41,46-48,54-55H,2,7,12-16,19,26-31,34H2,1,3-6H3,(H,51,56). The molecular formula is C50H67N3O9S2. The van der Waals surface area contributed by atoms with Crippen LogP contribution in [0.2, 0.25) is 0 Å². The summed E-state index contributed by atoms with van der Waals surface area (Å²) in [6, 6.07) is 21.4. The molecule has 1 saturated carbocycles. The van der Waals surface area contributed by atoms with Crippen molar-refractivity contribution in [3.8, 4) is 11.5 Å². The predicted octanol–water partition coefficient (Wildman–Crippen LogP) is 9.35. The van der Waals surface area contributed by atoms with E-state index in [2.05, 4.69) is 36.2 Å². The number of unbranched alkanes of at least 4 members (excludes halogenated alkanes) is 2. The van der Waals surface area contributed by atoms with Gasteiger partial charge in [0.1, 0.15) is 17.1 Å². The lowest BCUT2D eigenvalue weighted by Gasteiger charge is -2.59. The number of nitrogens with one attached hydrogen (secondary N) is 1. The van der Waals surface area contributed by atoms with Crippen LogP contribution in [0.4, 0.5) is 5.69 Å². The summed E-state index contributed by atoms with van der Waals surface area (Å²) in [5, 5.41) is 27.5. The third kappa shape index (κ3) is 11.6. The van der Waals surface area contributed by atoms with E-state index in [-0.39, 0.29) is 61.3 Å². The first-order valence-electron chi connectivity index (χ1n) is 22.7. The van der Waals surface area contributed by atoms with Crippen LogP contribution in [0.5, 0.6) is 11.5 Å². The fraction of sp³-hybridized carbons (Fsp3) is 0.520. The molecule has 1 fully saturated rings. The van der Waals surface area contributed by atoms with E-state index in [1.165, 1.54) is 28.3 Å². The number of hydrogen-bond acceptors (Lipinski definition) is 11. The van der Waals surface area contributed by atoms with E-state index < -0.39 is 33.4 Å². The second-order valence-corrected chi connectivity index (χ2v) is 20.9. The first-order chi connectivity index (χ1) is 30.8. The van der Waals surface area contributed by atoms with Crippen LogP contribution in [0.3, 0.4) is 0 Å². The van der Waals surface area contributed by atoms with E-state index in [1.54, 1.807) is 30.0 Å². The monoisotopic (exact) mass is 917 g/mol. The van der Waals surface area contributed by atoms with Crippen LogP contribution in [0, 0.1) is 17.8 Å². The number of benzene rings is 3. The Morgan fingerprint density at radius 3 is 2.41 bits per heavy atom. The van der Waals surface area contributed by atoms with Gasteiger partial charge in [-0.25, -0.2) is 8.42 Å². The number of aliphatic hydroxyl groups is 2. The van der Waals surface area contributed by atoms with Gasteiger partial charge in [0.05, 0.1) is 35.8 Å². The number of fused-ring (bicyclic) bond motifs is 2. The van der Waals surface area contributed by atoms with E-state index >= 15 is 8.42 Å².